The summed E-state index contributed by atoms with van der Waals surface area (Å²) in [7, 11) is 0. The van der Waals surface area contributed by atoms with Crippen LogP contribution in [0.4, 0.5) is 13.2 Å². The monoisotopic (exact) mass is 288 g/mol. The molecule has 1 aromatic rings. The number of alkyl halides is 3. The van der Waals surface area contributed by atoms with Crippen molar-refractivity contribution in [3.63, 3.8) is 0 Å². The average molecular weight is 289 g/mol. The quantitative estimate of drug-likeness (QED) is 0.798. The molecule has 100 valence electrons. The van der Waals surface area contributed by atoms with Gasteiger partial charge in [-0.3, -0.25) is 5.01 Å². The fourth-order valence-corrected chi connectivity index (χ4v) is 1.90. The number of nitriles is 1. The third-order valence-electron chi connectivity index (χ3n) is 2.59. The second-order valence-electron chi connectivity index (χ2n) is 3.92. The number of halogens is 4. The molecule has 1 aliphatic rings. The Bertz CT molecular complexity index is 606. The molecule has 4 nitrogen and oxygen atoms in total. The first-order valence-corrected chi connectivity index (χ1v) is 5.57. The van der Waals surface area contributed by atoms with Crippen LogP contribution in [0.2, 0.25) is 0 Å². The van der Waals surface area contributed by atoms with Gasteiger partial charge in [0.2, 0.25) is 0 Å². The first-order valence-electron chi connectivity index (χ1n) is 5.19. The average Bonchev–Trinajstić information content (AvgIpc) is 2.68. The first kappa shape index (κ1) is 13.5. The molecule has 0 unspecified atom stereocenters. The molecule has 0 aliphatic carbocycles. The van der Waals surface area contributed by atoms with Crippen LogP contribution in [0.15, 0.2) is 29.1 Å². The Morgan fingerprint density at radius 2 is 2.16 bits per heavy atom. The predicted octanol–water partition coefficient (Wildman–Crippen LogP) is 2.58. The summed E-state index contributed by atoms with van der Waals surface area (Å²) >= 11 is 5.73. The van der Waals surface area contributed by atoms with Gasteiger partial charge in [-0.25, -0.2) is 0 Å². The SMILES string of the molecule is Cc1c(C#N)cnn1N1C=C(C(F)(F)F)C=C(Cl)C1. The minimum Gasteiger partial charge on any atom is -0.267 e. The van der Waals surface area contributed by atoms with E-state index in [1.165, 1.54) is 16.0 Å². The Hall–Kier alpha value is -1.94. The van der Waals surface area contributed by atoms with Crippen molar-refractivity contribution < 1.29 is 13.2 Å². The smallest absolute Gasteiger partial charge is 0.267 e. The van der Waals surface area contributed by atoms with Crippen LogP contribution >= 0.6 is 11.6 Å². The first-order chi connectivity index (χ1) is 8.82. The van der Waals surface area contributed by atoms with Crippen molar-refractivity contribution in [2.75, 3.05) is 11.6 Å². The van der Waals surface area contributed by atoms with Gasteiger partial charge in [0, 0.05) is 11.2 Å². The van der Waals surface area contributed by atoms with Crippen molar-refractivity contribution in [2.45, 2.75) is 13.1 Å². The van der Waals surface area contributed by atoms with Gasteiger partial charge < -0.3 is 0 Å². The molecule has 0 fully saturated rings. The van der Waals surface area contributed by atoms with Crippen molar-refractivity contribution in [3.05, 3.63) is 40.3 Å². The van der Waals surface area contributed by atoms with Crippen molar-refractivity contribution >= 4 is 11.6 Å². The molecular weight excluding hydrogens is 281 g/mol. The van der Waals surface area contributed by atoms with Crippen molar-refractivity contribution in [3.8, 4) is 6.07 Å². The summed E-state index contributed by atoms with van der Waals surface area (Å²) in [5.74, 6) is 0. The highest BCUT2D eigenvalue weighted by Crippen LogP contribution is 2.31. The molecule has 0 N–H and O–H groups in total. The number of hydrogen-bond acceptors (Lipinski definition) is 3. The van der Waals surface area contributed by atoms with Gasteiger partial charge >= 0.3 is 6.18 Å². The zero-order valence-electron chi connectivity index (χ0n) is 9.74. The van der Waals surface area contributed by atoms with Gasteiger partial charge in [-0.15, -0.1) is 0 Å². The molecule has 0 saturated carbocycles. The summed E-state index contributed by atoms with van der Waals surface area (Å²) in [5.41, 5.74) is -0.114. The van der Waals surface area contributed by atoms with Gasteiger partial charge in [-0.2, -0.15) is 28.3 Å². The Morgan fingerprint density at radius 1 is 1.47 bits per heavy atom. The van der Waals surface area contributed by atoms with Crippen LogP contribution < -0.4 is 5.01 Å². The number of allylic oxidation sites excluding steroid dienone is 2. The maximum atomic E-state index is 12.7. The Morgan fingerprint density at radius 3 is 2.68 bits per heavy atom. The van der Waals surface area contributed by atoms with Gasteiger partial charge in [-0.1, -0.05) is 11.6 Å². The third kappa shape index (κ3) is 2.58. The number of hydrogen-bond donors (Lipinski definition) is 0. The maximum absolute atomic E-state index is 12.7. The lowest BCUT2D eigenvalue weighted by atomic mass is 10.2. The minimum atomic E-state index is -4.49. The lowest BCUT2D eigenvalue weighted by molar-refractivity contribution is -0.0887. The highest BCUT2D eigenvalue weighted by Gasteiger charge is 2.35. The highest BCUT2D eigenvalue weighted by molar-refractivity contribution is 6.30. The van der Waals surface area contributed by atoms with Crippen LogP contribution in [0.25, 0.3) is 0 Å². The Kier molecular flexibility index (Phi) is 3.28. The van der Waals surface area contributed by atoms with Crippen LogP contribution in [0, 0.1) is 18.3 Å². The second-order valence-corrected chi connectivity index (χ2v) is 4.40. The zero-order chi connectivity index (χ0) is 14.2. The zero-order valence-corrected chi connectivity index (χ0v) is 10.5. The molecular formula is C11H8ClF3N4. The lowest BCUT2D eigenvalue weighted by Crippen LogP contribution is -2.36. The highest BCUT2D eigenvalue weighted by atomic mass is 35.5. The molecule has 2 rings (SSSR count). The van der Waals surface area contributed by atoms with Gasteiger partial charge in [0.15, 0.2) is 0 Å². The molecule has 0 spiro atoms. The Labute approximate surface area is 111 Å². The molecule has 0 amide bonds. The fourth-order valence-electron chi connectivity index (χ4n) is 1.66. The van der Waals surface area contributed by atoms with Crippen LogP contribution in [0.1, 0.15) is 11.3 Å². The van der Waals surface area contributed by atoms with Gasteiger partial charge in [0.05, 0.1) is 29.6 Å². The van der Waals surface area contributed by atoms with E-state index in [4.69, 9.17) is 16.9 Å². The third-order valence-corrected chi connectivity index (χ3v) is 2.82. The van der Waals surface area contributed by atoms with Crippen molar-refractivity contribution in [1.29, 1.82) is 5.26 Å². The molecule has 0 bridgehead atoms. The molecule has 0 radical (unpaired) electrons. The normalized spacial score (nSPS) is 15.9. The molecule has 0 atom stereocenters. The predicted molar refractivity (Wildman–Crippen MR) is 62.8 cm³/mol. The van der Waals surface area contributed by atoms with Crippen molar-refractivity contribution in [2.24, 2.45) is 0 Å². The van der Waals surface area contributed by atoms with E-state index in [9.17, 15) is 13.2 Å². The van der Waals surface area contributed by atoms with E-state index in [1.807, 2.05) is 6.07 Å². The number of aromatic nitrogens is 2. The summed E-state index contributed by atoms with van der Waals surface area (Å²) in [5, 5.41) is 13.9. The molecule has 19 heavy (non-hydrogen) atoms. The minimum absolute atomic E-state index is 0.0447. The lowest BCUT2D eigenvalue weighted by Gasteiger charge is -2.26. The topological polar surface area (TPSA) is 44.9 Å². The largest absolute Gasteiger partial charge is 0.417 e. The summed E-state index contributed by atoms with van der Waals surface area (Å²) in [6.45, 7) is 1.66. The molecule has 0 aromatic carbocycles. The van der Waals surface area contributed by atoms with E-state index in [1.54, 1.807) is 6.92 Å². The summed E-state index contributed by atoms with van der Waals surface area (Å²) in [4.78, 5) is 1.22. The summed E-state index contributed by atoms with van der Waals surface area (Å²) < 4.78 is 38.1. The van der Waals surface area contributed by atoms with Crippen LogP contribution in [0.3, 0.4) is 0 Å². The van der Waals surface area contributed by atoms with Crippen LogP contribution in [-0.4, -0.2) is 22.6 Å². The Balaban J connectivity index is 2.42. The van der Waals surface area contributed by atoms with E-state index in [0.717, 1.165) is 12.3 Å². The van der Waals surface area contributed by atoms with E-state index in [0.29, 0.717) is 11.3 Å². The maximum Gasteiger partial charge on any atom is 0.417 e. The molecule has 8 heteroatoms. The second kappa shape index (κ2) is 4.63. The standard InChI is InChI=1S/C11H8ClF3N4/c1-7-8(3-16)4-17-19(7)18-5-9(11(13,14)15)2-10(12)6-18/h2,4-5H,6H2,1H3. The summed E-state index contributed by atoms with van der Waals surface area (Å²) in [6, 6.07) is 1.91. The molecule has 2 heterocycles. The van der Waals surface area contributed by atoms with E-state index in [2.05, 4.69) is 5.10 Å². The van der Waals surface area contributed by atoms with Crippen LogP contribution in [0.5, 0.6) is 0 Å². The molecule has 1 aliphatic heterocycles. The van der Waals surface area contributed by atoms with Gasteiger partial charge in [0.25, 0.3) is 0 Å². The number of rotatable bonds is 1. The molecule has 1 aromatic heterocycles. The van der Waals surface area contributed by atoms with Crippen molar-refractivity contribution in [1.82, 2.24) is 9.89 Å². The molecule has 0 saturated heterocycles. The summed E-state index contributed by atoms with van der Waals surface area (Å²) in [6.07, 6.45) is -1.41. The van der Waals surface area contributed by atoms with Crippen LogP contribution in [-0.2, 0) is 0 Å². The van der Waals surface area contributed by atoms with Gasteiger partial charge in [0.1, 0.15) is 6.07 Å². The van der Waals surface area contributed by atoms with E-state index in [-0.39, 0.29) is 11.6 Å². The van der Waals surface area contributed by atoms with E-state index < -0.39 is 11.7 Å². The van der Waals surface area contributed by atoms with E-state index >= 15 is 0 Å². The fraction of sp³-hybridized carbons (Fsp3) is 0.273. The number of nitrogens with zero attached hydrogens (tertiary/aromatic N) is 4. The van der Waals surface area contributed by atoms with Gasteiger partial charge in [-0.05, 0) is 13.0 Å².